The molecule has 0 bridgehead atoms. The number of fused-ring (bicyclic) bond motifs is 1. The number of methoxy groups -OCH3 is 2. The van der Waals surface area contributed by atoms with Crippen LogP contribution in [-0.2, 0) is 14.3 Å². The lowest BCUT2D eigenvalue weighted by Crippen LogP contribution is -2.43. The molecule has 0 radical (unpaired) electrons. The summed E-state index contributed by atoms with van der Waals surface area (Å²) in [6, 6.07) is 10.5. The van der Waals surface area contributed by atoms with E-state index in [9.17, 15) is 4.79 Å². The average Bonchev–Trinajstić information content (AvgIpc) is 2.87. The van der Waals surface area contributed by atoms with Crippen molar-refractivity contribution in [2.45, 2.75) is 18.9 Å². The number of pyridine rings is 1. The van der Waals surface area contributed by atoms with Gasteiger partial charge in [0.25, 0.3) is 0 Å². The van der Waals surface area contributed by atoms with E-state index < -0.39 is 6.04 Å². The Balaban J connectivity index is 2.18. The molecule has 156 valence electrons. The number of amidine groups is 2. The first-order valence-corrected chi connectivity index (χ1v) is 10.1. The van der Waals surface area contributed by atoms with Crippen molar-refractivity contribution in [3.8, 4) is 0 Å². The number of esters is 1. The van der Waals surface area contributed by atoms with Gasteiger partial charge >= 0.3 is 5.97 Å². The summed E-state index contributed by atoms with van der Waals surface area (Å²) in [5.74, 6) is -0.178. The Hall–Kier alpha value is -2.91. The lowest BCUT2D eigenvalue weighted by molar-refractivity contribution is -0.140. The van der Waals surface area contributed by atoms with Crippen LogP contribution in [0, 0.1) is 10.8 Å². The summed E-state index contributed by atoms with van der Waals surface area (Å²) in [5, 5.41) is 17.3. The Morgan fingerprint density at radius 1 is 1.27 bits per heavy atom. The van der Waals surface area contributed by atoms with Crippen LogP contribution in [0.2, 0.25) is 0 Å². The molecule has 1 aromatic heterocycles. The van der Waals surface area contributed by atoms with E-state index in [0.29, 0.717) is 17.1 Å². The highest BCUT2D eigenvalue weighted by Crippen LogP contribution is 2.32. The number of carbonyl (C=O) groups excluding carboxylic acids is 1. The molecule has 0 saturated heterocycles. The van der Waals surface area contributed by atoms with E-state index >= 15 is 0 Å². The third-order valence-electron chi connectivity index (χ3n) is 4.60. The molecule has 30 heavy (non-hydrogen) atoms. The minimum Gasteiger partial charge on any atom is -0.469 e. The molecule has 1 aromatic carbocycles. The molecule has 2 heterocycles. The zero-order valence-corrected chi connectivity index (χ0v) is 18.3. The molecule has 9 heteroatoms. The van der Waals surface area contributed by atoms with Crippen LogP contribution < -0.4 is 4.90 Å². The van der Waals surface area contributed by atoms with Crippen LogP contribution in [0.15, 0.2) is 52.1 Å². The van der Waals surface area contributed by atoms with E-state index in [-0.39, 0.29) is 37.1 Å². The molecular formula is C21H22BrN5O3. The molecular weight excluding hydrogens is 450 g/mol. The highest BCUT2D eigenvalue weighted by Gasteiger charge is 2.32. The summed E-state index contributed by atoms with van der Waals surface area (Å²) in [5.41, 5.74) is 2.61. The number of halogens is 1. The summed E-state index contributed by atoms with van der Waals surface area (Å²) < 4.78 is 10.7. The number of hydrogen-bond donors (Lipinski definition) is 2. The Labute approximate surface area is 183 Å². The Kier molecular flexibility index (Phi) is 7.07. The number of ether oxygens (including phenoxy) is 2. The maximum absolute atomic E-state index is 11.7. The predicted octanol–water partition coefficient (Wildman–Crippen LogP) is 3.42. The fourth-order valence-electron chi connectivity index (χ4n) is 3.22. The van der Waals surface area contributed by atoms with Gasteiger partial charge in [0, 0.05) is 29.8 Å². The van der Waals surface area contributed by atoms with E-state index in [1.165, 1.54) is 19.1 Å². The number of rotatable bonds is 6. The number of nitrogens with zero attached hydrogens (tertiary/aromatic N) is 3. The smallest absolute Gasteiger partial charge is 0.305 e. The van der Waals surface area contributed by atoms with Gasteiger partial charge in [-0.1, -0.05) is 22.0 Å². The molecule has 0 aliphatic carbocycles. The van der Waals surface area contributed by atoms with Crippen LogP contribution in [0.1, 0.15) is 24.1 Å². The summed E-state index contributed by atoms with van der Waals surface area (Å²) in [7, 11) is 2.83. The topological polar surface area (TPSA) is 112 Å². The van der Waals surface area contributed by atoms with E-state index in [1.807, 2.05) is 36.4 Å². The van der Waals surface area contributed by atoms with Gasteiger partial charge in [0.2, 0.25) is 0 Å². The van der Waals surface area contributed by atoms with E-state index in [2.05, 4.69) is 20.9 Å². The molecule has 1 aliphatic rings. The van der Waals surface area contributed by atoms with E-state index in [0.717, 1.165) is 10.0 Å². The second-order valence-corrected chi connectivity index (χ2v) is 7.50. The van der Waals surface area contributed by atoms with Gasteiger partial charge in [-0.25, -0.2) is 0 Å². The van der Waals surface area contributed by atoms with Crippen molar-refractivity contribution in [1.29, 1.82) is 10.8 Å². The SMILES string of the molecule is COCC(=N)N1C(=N)[C@H](CCC(=O)OC)N=C(c2ccccn2)c2cc(Br)ccc21. The van der Waals surface area contributed by atoms with Crippen molar-refractivity contribution in [2.75, 3.05) is 25.7 Å². The fourth-order valence-corrected chi connectivity index (χ4v) is 3.58. The maximum Gasteiger partial charge on any atom is 0.305 e. The van der Waals surface area contributed by atoms with Gasteiger partial charge in [-0.3, -0.25) is 30.5 Å². The van der Waals surface area contributed by atoms with Gasteiger partial charge in [-0.15, -0.1) is 0 Å². The zero-order chi connectivity index (χ0) is 21.7. The standard InChI is InChI=1S/C21H22BrN5O3/c1-29-12-18(23)27-17-8-6-13(22)11-14(17)20(15-5-3-4-10-25-15)26-16(21(27)24)7-9-19(28)30-2/h3-6,8,10-11,16,23-24H,7,9,12H2,1-2H3/t16-/m0/s1. The molecule has 8 nitrogen and oxygen atoms in total. The maximum atomic E-state index is 11.7. The summed E-state index contributed by atoms with van der Waals surface area (Å²) in [4.78, 5) is 22.5. The lowest BCUT2D eigenvalue weighted by Gasteiger charge is -2.27. The van der Waals surface area contributed by atoms with Crippen LogP contribution >= 0.6 is 15.9 Å². The fraction of sp³-hybridized carbons (Fsp3) is 0.286. The average molecular weight is 472 g/mol. The second kappa shape index (κ2) is 9.73. The number of carbonyl (C=O) groups is 1. The molecule has 2 N–H and O–H groups in total. The Morgan fingerprint density at radius 2 is 2.07 bits per heavy atom. The third kappa shape index (κ3) is 4.63. The van der Waals surface area contributed by atoms with Gasteiger partial charge in [-0.2, -0.15) is 0 Å². The number of nitrogens with one attached hydrogen (secondary N) is 2. The van der Waals surface area contributed by atoms with Gasteiger partial charge in [0.15, 0.2) is 0 Å². The molecule has 2 aromatic rings. The van der Waals surface area contributed by atoms with Gasteiger partial charge in [-0.05, 0) is 36.8 Å². The molecule has 0 spiro atoms. The number of anilines is 1. The van der Waals surface area contributed by atoms with Crippen molar-refractivity contribution in [1.82, 2.24) is 4.98 Å². The first kappa shape index (κ1) is 21.8. The van der Waals surface area contributed by atoms with Crippen molar-refractivity contribution in [2.24, 2.45) is 4.99 Å². The Morgan fingerprint density at radius 3 is 2.73 bits per heavy atom. The first-order chi connectivity index (χ1) is 14.5. The Bertz CT molecular complexity index is 993. The normalized spacial score (nSPS) is 15.8. The highest BCUT2D eigenvalue weighted by molar-refractivity contribution is 9.10. The van der Waals surface area contributed by atoms with Crippen LogP contribution in [0.25, 0.3) is 0 Å². The molecule has 1 aliphatic heterocycles. The van der Waals surface area contributed by atoms with Gasteiger partial charge in [0.05, 0.1) is 24.2 Å². The first-order valence-electron chi connectivity index (χ1n) is 9.27. The minimum absolute atomic E-state index is 0.0283. The summed E-state index contributed by atoms with van der Waals surface area (Å²) >= 11 is 3.51. The molecule has 0 saturated carbocycles. The van der Waals surface area contributed by atoms with Gasteiger partial charge < -0.3 is 9.47 Å². The summed E-state index contributed by atoms with van der Waals surface area (Å²) in [6.07, 6.45) is 2.06. The predicted molar refractivity (Wildman–Crippen MR) is 119 cm³/mol. The number of benzene rings is 1. The van der Waals surface area contributed by atoms with E-state index in [1.54, 1.807) is 6.20 Å². The lowest BCUT2D eigenvalue weighted by atomic mass is 10.0. The third-order valence-corrected chi connectivity index (χ3v) is 5.10. The van der Waals surface area contributed by atoms with Crippen LogP contribution in [0.3, 0.4) is 0 Å². The van der Waals surface area contributed by atoms with Crippen molar-refractivity contribution in [3.05, 3.63) is 58.3 Å². The quantitative estimate of drug-likeness (QED) is 0.380. The molecule has 1 atom stereocenters. The minimum atomic E-state index is -0.663. The summed E-state index contributed by atoms with van der Waals surface area (Å²) in [6.45, 7) is 0.0283. The number of aliphatic imine (C=N–C) groups is 1. The monoisotopic (exact) mass is 471 g/mol. The zero-order valence-electron chi connectivity index (χ0n) is 16.7. The van der Waals surface area contributed by atoms with Crippen molar-refractivity contribution < 1.29 is 14.3 Å². The van der Waals surface area contributed by atoms with Crippen LogP contribution in [-0.4, -0.2) is 55.2 Å². The van der Waals surface area contributed by atoms with Crippen LogP contribution in [0.5, 0.6) is 0 Å². The molecule has 0 fully saturated rings. The number of aromatic nitrogens is 1. The molecule has 0 amide bonds. The molecule has 3 rings (SSSR count). The van der Waals surface area contributed by atoms with E-state index in [4.69, 9.17) is 25.3 Å². The highest BCUT2D eigenvalue weighted by atomic mass is 79.9. The molecule has 0 unspecified atom stereocenters. The second-order valence-electron chi connectivity index (χ2n) is 6.59. The van der Waals surface area contributed by atoms with Crippen molar-refractivity contribution in [3.63, 3.8) is 0 Å². The van der Waals surface area contributed by atoms with Gasteiger partial charge in [0.1, 0.15) is 24.3 Å². The van der Waals surface area contributed by atoms with Crippen molar-refractivity contribution >= 4 is 45.0 Å². The van der Waals surface area contributed by atoms with Crippen LogP contribution in [0.4, 0.5) is 5.69 Å². The number of benzodiazepines with no additional fused rings is 1. The number of hydrogen-bond acceptors (Lipinski definition) is 7. The largest absolute Gasteiger partial charge is 0.469 e.